The van der Waals surface area contributed by atoms with E-state index in [-0.39, 0.29) is 5.41 Å². The number of pyridine rings is 1. The highest BCUT2D eigenvalue weighted by Crippen LogP contribution is 2.48. The highest BCUT2D eigenvalue weighted by molar-refractivity contribution is 6.10. The quantitative estimate of drug-likeness (QED) is 0.217. The van der Waals surface area contributed by atoms with Crippen molar-refractivity contribution in [3.8, 4) is 52.0 Å². The molecule has 0 bridgehead atoms. The Morgan fingerprint density at radius 1 is 0.636 bits per heavy atom. The van der Waals surface area contributed by atoms with Gasteiger partial charge in [-0.3, -0.25) is 4.98 Å². The zero-order valence-electron chi connectivity index (χ0n) is 23.9. The normalized spacial score (nSPS) is 12.9. The van der Waals surface area contributed by atoms with Gasteiger partial charge in [0.1, 0.15) is 0 Å². The van der Waals surface area contributed by atoms with E-state index in [1.54, 1.807) is 24.3 Å². The van der Waals surface area contributed by atoms with Crippen molar-refractivity contribution in [2.75, 3.05) is 0 Å². The Morgan fingerprint density at radius 2 is 1.23 bits per heavy atom. The van der Waals surface area contributed by atoms with E-state index >= 15 is 0 Å². The van der Waals surface area contributed by atoms with E-state index in [0.29, 0.717) is 28.6 Å². The predicted octanol–water partition coefficient (Wildman–Crippen LogP) is 7.75. The van der Waals surface area contributed by atoms with E-state index in [1.165, 1.54) is 11.1 Å². The molecule has 8 rings (SSSR count). The molecule has 0 saturated heterocycles. The summed E-state index contributed by atoms with van der Waals surface area (Å²) in [5.74, 6) is 1.53. The zero-order chi connectivity index (χ0) is 30.0. The fourth-order valence-electron chi connectivity index (χ4n) is 6.31. The molecule has 0 unspecified atom stereocenters. The Bertz CT molecular complexity index is 2290. The molecule has 0 radical (unpaired) electrons. The summed E-state index contributed by atoms with van der Waals surface area (Å²) in [4.78, 5) is 19.6. The first-order chi connectivity index (χ1) is 21.5. The van der Waals surface area contributed by atoms with Crippen LogP contribution in [0.3, 0.4) is 0 Å². The van der Waals surface area contributed by atoms with Gasteiger partial charge < -0.3 is 4.57 Å². The molecule has 0 N–H and O–H groups in total. The summed E-state index contributed by atoms with van der Waals surface area (Å²) in [7, 11) is 0. The fourth-order valence-corrected chi connectivity index (χ4v) is 6.31. The number of hydrogen-bond acceptors (Lipinski definition) is 6. The molecule has 0 amide bonds. The smallest absolute Gasteiger partial charge is 0.164 e. The van der Waals surface area contributed by atoms with Crippen molar-refractivity contribution in [1.29, 1.82) is 10.5 Å². The van der Waals surface area contributed by atoms with Gasteiger partial charge in [0.2, 0.25) is 0 Å². The molecule has 7 nitrogen and oxygen atoms in total. The zero-order valence-corrected chi connectivity index (χ0v) is 23.9. The summed E-state index contributed by atoms with van der Waals surface area (Å²) in [5.41, 5.74) is 9.92. The van der Waals surface area contributed by atoms with Gasteiger partial charge in [0.05, 0.1) is 45.5 Å². The van der Waals surface area contributed by atoms with E-state index in [4.69, 9.17) is 19.9 Å². The third kappa shape index (κ3) is 3.74. The van der Waals surface area contributed by atoms with Gasteiger partial charge in [-0.15, -0.1) is 0 Å². The number of para-hydroxylation sites is 1. The Hall–Kier alpha value is -6.18. The molecule has 0 spiro atoms. The van der Waals surface area contributed by atoms with Gasteiger partial charge in [-0.2, -0.15) is 10.5 Å². The molecule has 7 heteroatoms. The molecular formula is C37H23N7. The van der Waals surface area contributed by atoms with Crippen LogP contribution in [0.1, 0.15) is 36.1 Å². The number of rotatable bonds is 3. The van der Waals surface area contributed by atoms with Crippen LogP contribution in [0, 0.1) is 22.7 Å². The highest BCUT2D eigenvalue weighted by Gasteiger charge is 2.36. The lowest BCUT2D eigenvalue weighted by Crippen LogP contribution is -2.26. The minimum atomic E-state index is -0.297. The average Bonchev–Trinajstić information content (AvgIpc) is 3.41. The molecule has 0 saturated carbocycles. The summed E-state index contributed by atoms with van der Waals surface area (Å²) < 4.78 is 2.33. The van der Waals surface area contributed by atoms with Crippen molar-refractivity contribution in [3.63, 3.8) is 0 Å². The van der Waals surface area contributed by atoms with Crippen LogP contribution in [0.5, 0.6) is 0 Å². The summed E-state index contributed by atoms with van der Waals surface area (Å²) in [6.07, 6.45) is 1.84. The monoisotopic (exact) mass is 565 g/mol. The van der Waals surface area contributed by atoms with Gasteiger partial charge in [0.15, 0.2) is 17.5 Å². The van der Waals surface area contributed by atoms with Crippen LogP contribution in [0.4, 0.5) is 0 Å². The van der Waals surface area contributed by atoms with Gasteiger partial charge in [0.25, 0.3) is 0 Å². The van der Waals surface area contributed by atoms with E-state index < -0.39 is 0 Å². The molecule has 44 heavy (non-hydrogen) atoms. The largest absolute Gasteiger partial charge is 0.307 e. The first kappa shape index (κ1) is 25.5. The SMILES string of the molecule is CC1(C)c2ccccc2-n2c3cccnc3c3cc(-c4nc(-c5ccc(C#N)cc5)nc(-c5ccc(C#N)cc5)n4)cc1c32. The predicted molar refractivity (Wildman–Crippen MR) is 170 cm³/mol. The van der Waals surface area contributed by atoms with E-state index in [0.717, 1.165) is 44.3 Å². The van der Waals surface area contributed by atoms with Gasteiger partial charge in [-0.25, -0.2) is 15.0 Å². The Balaban J connectivity index is 1.42. The summed E-state index contributed by atoms with van der Waals surface area (Å²) >= 11 is 0. The van der Waals surface area contributed by atoms with Crippen molar-refractivity contribution >= 4 is 21.9 Å². The number of aromatic nitrogens is 5. The Morgan fingerprint density at radius 3 is 1.84 bits per heavy atom. The van der Waals surface area contributed by atoms with E-state index in [9.17, 15) is 10.5 Å². The minimum absolute atomic E-state index is 0.297. The second-order valence-electron chi connectivity index (χ2n) is 11.5. The molecule has 0 fully saturated rings. The number of nitriles is 2. The maximum absolute atomic E-state index is 9.33. The molecule has 1 aliphatic rings. The van der Waals surface area contributed by atoms with Crippen molar-refractivity contribution in [2.45, 2.75) is 19.3 Å². The maximum Gasteiger partial charge on any atom is 0.164 e. The lowest BCUT2D eigenvalue weighted by atomic mass is 9.74. The molecule has 0 atom stereocenters. The Labute approximate surface area is 253 Å². The van der Waals surface area contributed by atoms with Gasteiger partial charge in [-0.05, 0) is 90.0 Å². The van der Waals surface area contributed by atoms with Gasteiger partial charge >= 0.3 is 0 Å². The lowest BCUT2D eigenvalue weighted by Gasteiger charge is -2.34. The van der Waals surface area contributed by atoms with Crippen molar-refractivity contribution in [3.05, 3.63) is 126 Å². The van der Waals surface area contributed by atoms with Crippen LogP contribution < -0.4 is 0 Å². The molecule has 7 aromatic rings. The first-order valence-corrected chi connectivity index (χ1v) is 14.3. The van der Waals surface area contributed by atoms with Crippen LogP contribution in [0.25, 0.3) is 61.8 Å². The maximum atomic E-state index is 9.33. The van der Waals surface area contributed by atoms with E-state index in [1.807, 2.05) is 36.5 Å². The molecule has 0 aliphatic carbocycles. The van der Waals surface area contributed by atoms with Gasteiger partial charge in [-0.1, -0.05) is 32.0 Å². The summed E-state index contributed by atoms with van der Waals surface area (Å²) in [5, 5.41) is 19.7. The van der Waals surface area contributed by atoms with Crippen molar-refractivity contribution in [1.82, 2.24) is 24.5 Å². The lowest BCUT2D eigenvalue weighted by molar-refractivity contribution is 0.630. The number of nitrogens with zero attached hydrogens (tertiary/aromatic N) is 7. The second kappa shape index (κ2) is 9.42. The average molecular weight is 566 g/mol. The third-order valence-electron chi connectivity index (χ3n) is 8.55. The molecule has 3 aromatic heterocycles. The van der Waals surface area contributed by atoms with Crippen LogP contribution >= 0.6 is 0 Å². The molecule has 4 aromatic carbocycles. The van der Waals surface area contributed by atoms with Crippen molar-refractivity contribution < 1.29 is 0 Å². The van der Waals surface area contributed by atoms with Gasteiger partial charge in [0, 0.05) is 33.7 Å². The molecular weight excluding hydrogens is 542 g/mol. The molecule has 1 aliphatic heterocycles. The van der Waals surface area contributed by atoms with Crippen LogP contribution in [-0.2, 0) is 5.41 Å². The second-order valence-corrected chi connectivity index (χ2v) is 11.5. The fraction of sp³-hybridized carbons (Fsp3) is 0.0811. The minimum Gasteiger partial charge on any atom is -0.307 e. The first-order valence-electron chi connectivity index (χ1n) is 14.3. The van der Waals surface area contributed by atoms with Crippen LogP contribution in [0.15, 0.2) is 103 Å². The van der Waals surface area contributed by atoms with Crippen LogP contribution in [-0.4, -0.2) is 24.5 Å². The number of fused-ring (bicyclic) bond motifs is 5. The van der Waals surface area contributed by atoms with Crippen LogP contribution in [0.2, 0.25) is 0 Å². The number of hydrogen-bond donors (Lipinski definition) is 0. The summed E-state index contributed by atoms with van der Waals surface area (Å²) in [6.45, 7) is 4.52. The summed E-state index contributed by atoms with van der Waals surface area (Å²) in [6, 6.07) is 35.8. The Kier molecular flexibility index (Phi) is 5.46. The third-order valence-corrected chi connectivity index (χ3v) is 8.55. The standard InChI is InChI=1S/C37H23N7/c1-37(2)28-6-3-4-7-30(28)44-31-8-5-17-40-32(31)27-18-26(19-29(37)33(27)44)36-42-34(24-13-9-22(20-38)10-14-24)41-35(43-36)25-15-11-23(21-39)12-16-25/h3-19H,1-2H3. The molecule has 206 valence electrons. The molecule has 4 heterocycles. The highest BCUT2D eigenvalue weighted by atomic mass is 15.0. The van der Waals surface area contributed by atoms with E-state index in [2.05, 4.69) is 73.0 Å². The van der Waals surface area contributed by atoms with Crippen molar-refractivity contribution in [2.24, 2.45) is 0 Å². The topological polar surface area (TPSA) is 104 Å². The number of benzene rings is 4.